The third-order valence-electron chi connectivity index (χ3n) is 3.30. The van der Waals surface area contributed by atoms with E-state index >= 15 is 0 Å². The molecule has 0 saturated heterocycles. The molecular formula is C12H19F3N4. The van der Waals surface area contributed by atoms with Crippen molar-refractivity contribution < 1.29 is 13.2 Å². The highest BCUT2D eigenvalue weighted by molar-refractivity contribution is 5.08. The molecule has 0 fully saturated rings. The number of nitrogens with zero attached hydrogens (tertiary/aromatic N) is 3. The van der Waals surface area contributed by atoms with E-state index in [-0.39, 0.29) is 17.9 Å². The van der Waals surface area contributed by atoms with Crippen molar-refractivity contribution in [1.82, 2.24) is 20.1 Å². The Morgan fingerprint density at radius 1 is 1.26 bits per heavy atom. The Morgan fingerprint density at radius 3 is 2.53 bits per heavy atom. The van der Waals surface area contributed by atoms with Gasteiger partial charge in [0.2, 0.25) is 0 Å². The molecule has 1 aliphatic rings. The molecule has 1 aromatic rings. The highest BCUT2D eigenvalue weighted by Gasteiger charge is 2.34. The quantitative estimate of drug-likeness (QED) is 0.902. The molecule has 108 valence electrons. The van der Waals surface area contributed by atoms with Gasteiger partial charge in [-0.05, 0) is 5.41 Å². The highest BCUT2D eigenvalue weighted by Crippen LogP contribution is 2.34. The van der Waals surface area contributed by atoms with Crippen molar-refractivity contribution in [1.29, 1.82) is 0 Å². The molecule has 0 bridgehead atoms. The average molecular weight is 276 g/mol. The van der Waals surface area contributed by atoms with Crippen LogP contribution < -0.4 is 5.32 Å². The number of fused-ring (bicyclic) bond motifs is 1. The van der Waals surface area contributed by atoms with E-state index in [9.17, 15) is 13.2 Å². The van der Waals surface area contributed by atoms with Gasteiger partial charge in [0.1, 0.15) is 5.82 Å². The minimum Gasteiger partial charge on any atom is -0.312 e. The van der Waals surface area contributed by atoms with Crippen LogP contribution in [0.15, 0.2) is 0 Å². The molecule has 19 heavy (non-hydrogen) atoms. The zero-order chi connectivity index (χ0) is 14.3. The largest absolute Gasteiger partial charge is 0.389 e. The number of rotatable bonds is 2. The van der Waals surface area contributed by atoms with E-state index in [1.165, 1.54) is 0 Å². The normalized spacial score (nSPS) is 20.4. The van der Waals surface area contributed by atoms with E-state index in [4.69, 9.17) is 0 Å². The predicted octanol–water partition coefficient (Wildman–Crippen LogP) is 2.46. The number of alkyl halides is 3. The molecular weight excluding hydrogens is 257 g/mol. The molecule has 0 spiro atoms. The van der Waals surface area contributed by atoms with Crippen LogP contribution >= 0.6 is 0 Å². The van der Waals surface area contributed by atoms with Gasteiger partial charge >= 0.3 is 6.18 Å². The van der Waals surface area contributed by atoms with E-state index in [0.717, 1.165) is 12.4 Å². The Labute approximate surface area is 110 Å². The maximum absolute atomic E-state index is 12.3. The monoisotopic (exact) mass is 276 g/mol. The lowest BCUT2D eigenvalue weighted by Crippen LogP contribution is -2.41. The summed E-state index contributed by atoms with van der Waals surface area (Å²) in [6, 6.07) is 0.0217. The van der Waals surface area contributed by atoms with Crippen molar-refractivity contribution in [3.8, 4) is 0 Å². The Kier molecular flexibility index (Phi) is 3.59. The zero-order valence-electron chi connectivity index (χ0n) is 11.4. The van der Waals surface area contributed by atoms with Gasteiger partial charge in [-0.25, -0.2) is 0 Å². The van der Waals surface area contributed by atoms with Crippen LogP contribution in [-0.2, 0) is 13.0 Å². The second-order valence-electron chi connectivity index (χ2n) is 5.99. The third-order valence-corrected chi connectivity index (χ3v) is 3.30. The van der Waals surface area contributed by atoms with Gasteiger partial charge in [0.05, 0.1) is 12.5 Å². The first kappa shape index (κ1) is 14.3. The fraction of sp³-hybridized carbons (Fsp3) is 0.833. The molecule has 0 aromatic carbocycles. The smallest absolute Gasteiger partial charge is 0.312 e. The number of hydrogen-bond donors (Lipinski definition) is 1. The molecule has 1 unspecified atom stereocenters. The van der Waals surface area contributed by atoms with E-state index in [2.05, 4.69) is 36.3 Å². The predicted molar refractivity (Wildman–Crippen MR) is 64.6 cm³/mol. The summed E-state index contributed by atoms with van der Waals surface area (Å²) in [5.41, 5.74) is -0.0491. The Morgan fingerprint density at radius 2 is 1.95 bits per heavy atom. The number of aromatic nitrogens is 3. The van der Waals surface area contributed by atoms with E-state index in [1.54, 1.807) is 0 Å². The minimum absolute atomic E-state index is 0.0217. The van der Waals surface area contributed by atoms with Crippen molar-refractivity contribution in [2.24, 2.45) is 5.41 Å². The zero-order valence-corrected chi connectivity index (χ0v) is 11.4. The molecule has 1 atom stereocenters. The van der Waals surface area contributed by atoms with Crippen LogP contribution in [0.3, 0.4) is 0 Å². The van der Waals surface area contributed by atoms with Crippen molar-refractivity contribution in [3.63, 3.8) is 0 Å². The van der Waals surface area contributed by atoms with Crippen LogP contribution in [0, 0.1) is 5.41 Å². The summed E-state index contributed by atoms with van der Waals surface area (Å²) in [5.74, 6) is 1.18. The molecule has 1 aliphatic heterocycles. The second-order valence-corrected chi connectivity index (χ2v) is 5.99. The van der Waals surface area contributed by atoms with Gasteiger partial charge in [0.15, 0.2) is 5.82 Å². The summed E-state index contributed by atoms with van der Waals surface area (Å²) in [5, 5.41) is 11.4. The third kappa shape index (κ3) is 3.26. The lowest BCUT2D eigenvalue weighted by Gasteiger charge is -2.34. The molecule has 7 heteroatoms. The van der Waals surface area contributed by atoms with Crippen LogP contribution in [0.4, 0.5) is 13.2 Å². The topological polar surface area (TPSA) is 42.7 Å². The van der Waals surface area contributed by atoms with Crippen LogP contribution in [0.25, 0.3) is 0 Å². The average Bonchev–Trinajstić information content (AvgIpc) is 2.66. The Balaban J connectivity index is 2.20. The van der Waals surface area contributed by atoms with Gasteiger partial charge in [0.25, 0.3) is 0 Å². The molecule has 4 nitrogen and oxygen atoms in total. The van der Waals surface area contributed by atoms with Crippen LogP contribution in [0.1, 0.15) is 44.9 Å². The first-order valence-electron chi connectivity index (χ1n) is 6.40. The molecule has 2 heterocycles. The second kappa shape index (κ2) is 4.77. The van der Waals surface area contributed by atoms with Gasteiger partial charge in [-0.2, -0.15) is 13.2 Å². The van der Waals surface area contributed by atoms with E-state index in [0.29, 0.717) is 12.4 Å². The fourth-order valence-electron chi connectivity index (χ4n) is 2.35. The van der Waals surface area contributed by atoms with E-state index < -0.39 is 12.6 Å². The SMILES string of the molecule is CC(C)(C)C1NCCn2c(CCC(F)(F)F)nnc21. The fourth-order valence-corrected chi connectivity index (χ4v) is 2.35. The van der Waals surface area contributed by atoms with Gasteiger partial charge in [-0.1, -0.05) is 20.8 Å². The summed E-state index contributed by atoms with van der Waals surface area (Å²) in [4.78, 5) is 0. The van der Waals surface area contributed by atoms with Crippen LogP contribution in [0.2, 0.25) is 0 Å². The van der Waals surface area contributed by atoms with Gasteiger partial charge in [-0.15, -0.1) is 10.2 Å². The molecule has 2 rings (SSSR count). The molecule has 1 N–H and O–H groups in total. The van der Waals surface area contributed by atoms with Crippen molar-refractivity contribution in [3.05, 3.63) is 11.6 Å². The van der Waals surface area contributed by atoms with Crippen molar-refractivity contribution in [2.45, 2.75) is 52.4 Å². The van der Waals surface area contributed by atoms with Crippen molar-refractivity contribution >= 4 is 0 Å². The number of nitrogens with one attached hydrogen (secondary N) is 1. The highest BCUT2D eigenvalue weighted by atomic mass is 19.4. The summed E-state index contributed by atoms with van der Waals surface area (Å²) >= 11 is 0. The summed E-state index contributed by atoms with van der Waals surface area (Å²) < 4.78 is 38.7. The summed E-state index contributed by atoms with van der Waals surface area (Å²) in [7, 11) is 0. The Hall–Kier alpha value is -1.11. The molecule has 1 aromatic heterocycles. The molecule has 0 radical (unpaired) electrons. The number of aryl methyl sites for hydroxylation is 1. The first-order chi connectivity index (χ1) is 8.68. The molecule has 0 saturated carbocycles. The minimum atomic E-state index is -4.15. The first-order valence-corrected chi connectivity index (χ1v) is 6.40. The van der Waals surface area contributed by atoms with Crippen LogP contribution in [-0.4, -0.2) is 27.5 Å². The van der Waals surface area contributed by atoms with Gasteiger partial charge in [-0.3, -0.25) is 0 Å². The molecule has 0 amide bonds. The standard InChI is InChI=1S/C12H19F3N4/c1-11(2,3)9-10-18-17-8(4-5-12(13,14)15)19(10)7-6-16-9/h9,16H,4-7H2,1-3H3. The number of hydrogen-bond acceptors (Lipinski definition) is 3. The maximum Gasteiger partial charge on any atom is 0.389 e. The number of halogens is 3. The summed E-state index contributed by atoms with van der Waals surface area (Å²) in [6.45, 7) is 7.58. The maximum atomic E-state index is 12.3. The van der Waals surface area contributed by atoms with Crippen LogP contribution in [0.5, 0.6) is 0 Å². The Bertz CT molecular complexity index is 445. The van der Waals surface area contributed by atoms with E-state index in [1.807, 2.05) is 4.57 Å². The molecule has 0 aliphatic carbocycles. The lowest BCUT2D eigenvalue weighted by molar-refractivity contribution is -0.134. The van der Waals surface area contributed by atoms with Crippen molar-refractivity contribution in [2.75, 3.05) is 6.54 Å². The lowest BCUT2D eigenvalue weighted by atomic mass is 9.85. The van der Waals surface area contributed by atoms with Gasteiger partial charge < -0.3 is 9.88 Å². The van der Waals surface area contributed by atoms with Gasteiger partial charge in [0, 0.05) is 19.5 Å². The summed E-state index contributed by atoms with van der Waals surface area (Å²) in [6.07, 6.45) is -5.10.